The van der Waals surface area contributed by atoms with E-state index in [0.717, 1.165) is 43.2 Å². The lowest BCUT2D eigenvalue weighted by molar-refractivity contribution is -0.150. The molecule has 0 heterocycles. The van der Waals surface area contributed by atoms with Crippen LogP contribution in [0.4, 0.5) is 0 Å². The molecular formula is C62H105O44P6+. The number of esters is 9. The van der Waals surface area contributed by atoms with E-state index >= 15 is 0 Å². The van der Waals surface area contributed by atoms with E-state index in [9.17, 15) is 80.3 Å². The van der Waals surface area contributed by atoms with E-state index in [4.69, 9.17) is 61.4 Å². The van der Waals surface area contributed by atoms with E-state index in [1.807, 2.05) is 0 Å². The quantitative estimate of drug-likeness (QED) is 0.00659. The van der Waals surface area contributed by atoms with E-state index in [1.54, 1.807) is 13.8 Å². The first-order valence-corrected chi connectivity index (χ1v) is 40.4. The number of unbranched alkanes of at least 4 members (excludes halogenated alkanes) is 2. The highest BCUT2D eigenvalue weighted by molar-refractivity contribution is 7.48. The van der Waals surface area contributed by atoms with Crippen molar-refractivity contribution in [1.29, 1.82) is 0 Å². The fraction of sp³-hybridized carbons (Fsp3) is 0.532. The molecule has 0 aliphatic carbocycles. The van der Waals surface area contributed by atoms with Crippen LogP contribution in [0.15, 0.2) is 125 Å². The zero-order chi connectivity index (χ0) is 86.2. The summed E-state index contributed by atoms with van der Waals surface area (Å²) in [4.78, 5) is 149. The normalized spacial score (nSPS) is 11.5. The molecule has 0 aliphatic rings. The summed E-state index contributed by atoms with van der Waals surface area (Å²) < 4.78 is 173. The smallest absolute Gasteiger partial charge is 0.476 e. The zero-order valence-corrected chi connectivity index (χ0v) is 67.4. The van der Waals surface area contributed by atoms with Gasteiger partial charge in [-0.05, 0) is 45.1 Å². The Morgan fingerprint density at radius 2 is 0.625 bits per heavy atom. The highest BCUT2D eigenvalue weighted by Gasteiger charge is 2.28. The minimum absolute atomic E-state index is 0. The van der Waals surface area contributed by atoms with Gasteiger partial charge in [-0.2, -0.15) is 0 Å². The Balaban J connectivity index is -0.000000240. The van der Waals surface area contributed by atoms with Gasteiger partial charge in [-0.1, -0.05) is 79.6 Å². The van der Waals surface area contributed by atoms with Gasteiger partial charge in [0.05, 0.1) is 84.7 Å². The van der Waals surface area contributed by atoms with Crippen molar-refractivity contribution in [1.82, 2.24) is 0 Å². The second kappa shape index (κ2) is 75.1. The summed E-state index contributed by atoms with van der Waals surface area (Å²) in [5.41, 5.74) is 0.760. The van der Waals surface area contributed by atoms with Crippen LogP contribution >= 0.6 is 47.1 Å². The Hall–Kier alpha value is -7.24. The monoisotopic (exact) mass is 1740 g/mol. The van der Waals surface area contributed by atoms with Crippen LogP contribution in [0.2, 0.25) is 0 Å². The predicted molar refractivity (Wildman–Crippen MR) is 392 cm³/mol. The Morgan fingerprint density at radius 1 is 0.348 bits per heavy atom. The lowest BCUT2D eigenvalue weighted by Gasteiger charge is -2.18. The first-order valence-electron chi connectivity index (χ1n) is 31.3. The molecule has 44 nitrogen and oxygen atoms in total. The van der Waals surface area contributed by atoms with Gasteiger partial charge in [0.2, 0.25) is 0 Å². The zero-order valence-electron chi connectivity index (χ0n) is 62.0. The molecule has 112 heavy (non-hydrogen) atoms. The predicted octanol–water partition coefficient (Wildman–Crippen LogP) is 7.35. The fourth-order valence-corrected chi connectivity index (χ4v) is 8.28. The van der Waals surface area contributed by atoms with Crippen molar-refractivity contribution < 1.29 is 207 Å². The maximum atomic E-state index is 12.4. The number of phosphoric ester groups is 5. The molecular weight excluding hydrogens is 1630 g/mol. The minimum atomic E-state index is -4.46. The fourth-order valence-electron chi connectivity index (χ4n) is 4.78. The van der Waals surface area contributed by atoms with Gasteiger partial charge in [0.15, 0.2) is 20.3 Å². The van der Waals surface area contributed by atoms with Gasteiger partial charge in [-0.25, -0.2) is 61.2 Å². The number of hydrogen-bond donors (Lipinski definition) is 6. The molecule has 0 fully saturated rings. The molecule has 0 amide bonds. The molecule has 646 valence electrons. The Morgan fingerprint density at radius 3 is 0.911 bits per heavy atom. The molecule has 0 aromatic heterocycles. The summed E-state index contributed by atoms with van der Waals surface area (Å²) in [6, 6.07) is 0. The second-order valence-corrected chi connectivity index (χ2v) is 27.2. The lowest BCUT2D eigenvalue weighted by Crippen LogP contribution is -2.14. The average molecular weight is 1740 g/mol. The van der Waals surface area contributed by atoms with Gasteiger partial charge in [-0.15, -0.1) is 4.52 Å². The first-order chi connectivity index (χ1) is 51.8. The van der Waals surface area contributed by atoms with Crippen LogP contribution in [0.25, 0.3) is 0 Å². The van der Waals surface area contributed by atoms with Crippen LogP contribution in [-0.4, -0.2) is 242 Å². The largest absolute Gasteiger partial charge is 0.504 e. The SMILES string of the molecule is C.C=C(C)C(=O)OCCOC(=O)CCCCCO[P+](C)=O.C=C(C)C(=O)OCCOP(=O)(O)O.C=C(C)OCOCCOP(=O)(O)OCCOC(=O)C(=C)C.C=CC(=O)OCCOP(=O)(O)O.C=CC(=O)OCCOP(=O)(OCCOC(=O)C=C)OCCOC(=O)C=C.C=COCOCCOP(=O)(O)OCCOC(=O)C=C. The van der Waals surface area contributed by atoms with Gasteiger partial charge >= 0.3 is 101 Å². The number of carbonyl (C=O) groups is 9. The third-order valence-electron chi connectivity index (χ3n) is 9.43. The molecule has 0 radical (unpaired) electrons. The second-order valence-electron chi connectivity index (χ2n) is 19.0. The van der Waals surface area contributed by atoms with Gasteiger partial charge in [0.1, 0.15) is 66.1 Å². The maximum Gasteiger partial charge on any atom is 0.504 e. The summed E-state index contributed by atoms with van der Waals surface area (Å²) in [5.74, 6) is -4.89. The standard InChI is InChI=1S/C15H21O10P.C13H22O6P.C12H21O8P.C10H17O8P.C6H11O6P.C5H9O6P.CH4/c1-4-13(16)20-7-10-23-26(19,24-11-8-21-14(17)5-2)25-12-9-22-15(18)6-3;1-11(2)13(15)18-10-9-17-12(14)7-5-4-6-8-19-20(3)16;1-10(2)12(13)17-6-8-20-21(14,15)19-7-5-16-9-18-11(3)4;1-3-10(11)16-6-8-18-19(12,13)17-7-5-15-9-14-4-2;1-5(2)6(7)11-3-4-12-13(8,9)10;1-2-5(6)10-3-4-11-12(7,8)9;/h4-6H,1-3,7-12H2;1,4-10H2,2-3H3;1,3,5-9H2,2,4H3,(H,14,15);3-4H,1-2,5-9H2,(H,12,13);1,3-4H2,2H3,(H2,8,9,10);2H,1,3-4H2,(H2,7,8,9);1H4/q;+1;;;;;. The summed E-state index contributed by atoms with van der Waals surface area (Å²) in [6.07, 6.45) is 8.54. The Labute approximate surface area is 650 Å². The molecule has 0 saturated carbocycles. The van der Waals surface area contributed by atoms with E-state index in [1.165, 1.54) is 26.8 Å². The molecule has 0 aromatic rings. The van der Waals surface area contributed by atoms with Crippen molar-refractivity contribution in [3.8, 4) is 0 Å². The number of carbonyl (C=O) groups excluding carboxylic acids is 9. The Bertz CT molecular complexity index is 3050. The molecule has 0 aliphatic heterocycles. The third-order valence-corrected chi connectivity index (χ3v) is 14.5. The van der Waals surface area contributed by atoms with Crippen LogP contribution in [0, 0.1) is 0 Å². The first kappa shape index (κ1) is 118. The van der Waals surface area contributed by atoms with Crippen LogP contribution in [-0.2, 0) is 177 Å². The van der Waals surface area contributed by atoms with E-state index in [2.05, 4.69) is 131 Å². The van der Waals surface area contributed by atoms with Gasteiger partial charge in [0, 0.05) is 53.5 Å². The van der Waals surface area contributed by atoms with E-state index in [-0.39, 0.29) is 170 Å². The minimum Gasteiger partial charge on any atom is -0.476 e. The third kappa shape index (κ3) is 95.1. The average Bonchev–Trinajstić information content (AvgIpc) is 0.884. The molecule has 0 spiro atoms. The molecule has 3 unspecified atom stereocenters. The molecule has 3 atom stereocenters. The number of rotatable bonds is 60. The highest BCUT2D eigenvalue weighted by Crippen LogP contribution is 2.49. The summed E-state index contributed by atoms with van der Waals surface area (Å²) >= 11 is 0. The van der Waals surface area contributed by atoms with Crippen LogP contribution in [0.1, 0.15) is 60.8 Å². The summed E-state index contributed by atoms with van der Waals surface area (Å²) in [7, 11) is -22.9. The molecule has 0 aromatic carbocycles. The van der Waals surface area contributed by atoms with Gasteiger partial charge in [0.25, 0.3) is 0 Å². The number of ether oxygens (including phenoxy) is 13. The molecule has 50 heteroatoms. The van der Waals surface area contributed by atoms with Crippen molar-refractivity contribution in [3.05, 3.63) is 125 Å². The van der Waals surface area contributed by atoms with Crippen LogP contribution in [0.5, 0.6) is 0 Å². The van der Waals surface area contributed by atoms with Crippen LogP contribution in [0.3, 0.4) is 0 Å². The summed E-state index contributed by atoms with van der Waals surface area (Å²) in [6.45, 7) is 37.2. The van der Waals surface area contributed by atoms with Crippen LogP contribution < -0.4 is 0 Å². The Kier molecular flexibility index (Phi) is 79.2. The molecule has 0 rings (SSSR count). The number of phosphoric acid groups is 5. The summed E-state index contributed by atoms with van der Waals surface area (Å²) in [5, 5.41) is 0. The van der Waals surface area contributed by atoms with Gasteiger partial charge in [-0.3, -0.25) is 45.5 Å². The molecule has 0 bridgehead atoms. The van der Waals surface area contributed by atoms with Crippen molar-refractivity contribution in [2.75, 3.05) is 159 Å². The topological polar surface area (TPSA) is 590 Å². The molecule has 0 saturated heterocycles. The van der Waals surface area contributed by atoms with Crippen molar-refractivity contribution in [3.63, 3.8) is 0 Å². The van der Waals surface area contributed by atoms with Crippen molar-refractivity contribution in [2.24, 2.45) is 0 Å². The molecule has 6 N–H and O–H groups in total. The maximum absolute atomic E-state index is 12.4. The number of hydrogen-bond acceptors (Lipinski definition) is 38. The van der Waals surface area contributed by atoms with Crippen molar-refractivity contribution >= 4 is 101 Å². The van der Waals surface area contributed by atoms with E-state index < -0.39 is 94.9 Å². The van der Waals surface area contributed by atoms with Gasteiger partial charge < -0.3 is 90.9 Å². The van der Waals surface area contributed by atoms with Crippen molar-refractivity contribution in [2.45, 2.75) is 60.8 Å². The number of allylic oxidation sites excluding steroid dienone is 1. The lowest BCUT2D eigenvalue weighted by atomic mass is 10.2. The van der Waals surface area contributed by atoms with E-state index in [0.29, 0.717) is 30.8 Å². The highest BCUT2D eigenvalue weighted by atomic mass is 31.2.